The van der Waals surface area contributed by atoms with Crippen LogP contribution in [0.4, 0.5) is 0 Å². The van der Waals surface area contributed by atoms with Crippen LogP contribution in [0, 0.1) is 27.7 Å². The van der Waals surface area contributed by atoms with Crippen molar-refractivity contribution >= 4 is 14.7 Å². The lowest BCUT2D eigenvalue weighted by molar-refractivity contribution is 1.19. The van der Waals surface area contributed by atoms with E-state index in [2.05, 4.69) is 125 Å². The summed E-state index contributed by atoms with van der Waals surface area (Å²) in [7, 11) is -0.624. The number of hydrogen-bond donors (Lipinski definition) is 0. The zero-order valence-electron chi connectivity index (χ0n) is 21.4. The van der Waals surface area contributed by atoms with Crippen LogP contribution < -0.4 is 5.19 Å². The molecule has 0 radical (unpaired) electrons. The van der Waals surface area contributed by atoms with Crippen molar-refractivity contribution in [2.45, 2.75) is 40.5 Å². The van der Waals surface area contributed by atoms with Crippen LogP contribution in [0.25, 0.3) is 22.3 Å². The molecule has 0 N–H and O–H groups in total. The molecule has 0 amide bonds. The molecule has 1 aliphatic rings. The Balaban J connectivity index is 1.64. The lowest BCUT2D eigenvalue weighted by Crippen LogP contribution is -2.20. The lowest BCUT2D eigenvalue weighted by atomic mass is 9.91. The van der Waals surface area contributed by atoms with Gasteiger partial charge in [-0.15, -0.1) is 0 Å². The summed E-state index contributed by atoms with van der Waals surface area (Å²) < 4.78 is 0. The quantitative estimate of drug-likeness (QED) is 0.256. The summed E-state index contributed by atoms with van der Waals surface area (Å²) in [6.45, 7) is 8.84. The largest absolute Gasteiger partial charge is 0.0840 e. The van der Waals surface area contributed by atoms with Crippen LogP contribution in [0.15, 0.2) is 108 Å². The number of rotatable bonds is 6. The number of hydrogen-bond acceptors (Lipinski definition) is 0. The van der Waals surface area contributed by atoms with Gasteiger partial charge in [0.1, 0.15) is 0 Å². The van der Waals surface area contributed by atoms with Crippen LogP contribution in [0.1, 0.15) is 34.2 Å². The van der Waals surface area contributed by atoms with Gasteiger partial charge in [-0.25, -0.2) is 0 Å². The first-order valence-corrected chi connectivity index (χ1v) is 14.1. The van der Waals surface area contributed by atoms with Gasteiger partial charge in [0.25, 0.3) is 0 Å². The van der Waals surface area contributed by atoms with Gasteiger partial charge >= 0.3 is 0 Å². The SMILES string of the molecule is Cc1cc(C)cc(-c2cccc([SiH2]C3=C(Cc4ccccc4)C=CC3)c2-c2cc(C)cc(C)c2)c1. The Bertz CT molecular complexity index is 1400. The Labute approximate surface area is 212 Å². The smallest absolute Gasteiger partial charge is 0.0806 e. The molecule has 174 valence electrons. The van der Waals surface area contributed by atoms with Crippen LogP contribution in [-0.4, -0.2) is 9.52 Å². The molecule has 0 heterocycles. The third-order valence-corrected chi connectivity index (χ3v) is 9.11. The fraction of sp³-hybridized carbons (Fsp3) is 0.176. The van der Waals surface area contributed by atoms with Crippen molar-refractivity contribution in [1.29, 1.82) is 0 Å². The maximum Gasteiger partial charge on any atom is 0.0840 e. The Morgan fingerprint density at radius 1 is 0.657 bits per heavy atom. The molecule has 0 saturated carbocycles. The van der Waals surface area contributed by atoms with Crippen LogP contribution in [-0.2, 0) is 6.42 Å². The van der Waals surface area contributed by atoms with Crippen LogP contribution >= 0.6 is 0 Å². The summed E-state index contributed by atoms with van der Waals surface area (Å²) in [4.78, 5) is 0. The molecule has 0 spiro atoms. The minimum absolute atomic E-state index is 0.624. The molecule has 0 aromatic heterocycles. The van der Waals surface area contributed by atoms with Gasteiger partial charge in [-0.1, -0.05) is 130 Å². The Kier molecular flexibility index (Phi) is 6.70. The second kappa shape index (κ2) is 10.1. The molecule has 5 rings (SSSR count). The molecule has 0 bridgehead atoms. The van der Waals surface area contributed by atoms with Crippen LogP contribution in [0.3, 0.4) is 0 Å². The Morgan fingerprint density at radius 3 is 1.94 bits per heavy atom. The third kappa shape index (κ3) is 5.31. The van der Waals surface area contributed by atoms with E-state index < -0.39 is 9.52 Å². The average molecular weight is 471 g/mol. The molecule has 4 aromatic carbocycles. The first kappa shape index (κ1) is 23.3. The standard InChI is InChI=1S/C34H34Si/c1-23-16-24(2)19-29(18-23)31-13-9-15-33(34(31)30-20-25(3)17-26(4)21-30)35-32-14-8-12-28(32)22-27-10-6-5-7-11-27/h5-13,15-21H,14,22,35H2,1-4H3. The van der Waals surface area contributed by atoms with E-state index in [-0.39, 0.29) is 0 Å². The normalized spacial score (nSPS) is 13.4. The molecule has 0 aliphatic heterocycles. The van der Waals surface area contributed by atoms with Gasteiger partial charge in [0.15, 0.2) is 0 Å². The molecule has 4 aromatic rings. The van der Waals surface area contributed by atoms with Crippen LogP contribution in [0.5, 0.6) is 0 Å². The van der Waals surface area contributed by atoms with Crippen molar-refractivity contribution in [3.63, 3.8) is 0 Å². The fourth-order valence-electron chi connectivity index (χ4n) is 5.59. The number of benzene rings is 4. The zero-order valence-corrected chi connectivity index (χ0v) is 22.8. The van der Waals surface area contributed by atoms with E-state index >= 15 is 0 Å². The van der Waals surface area contributed by atoms with Crippen molar-refractivity contribution in [1.82, 2.24) is 0 Å². The topological polar surface area (TPSA) is 0 Å². The van der Waals surface area contributed by atoms with E-state index in [9.17, 15) is 0 Å². The minimum atomic E-state index is -0.624. The minimum Gasteiger partial charge on any atom is -0.0806 e. The molecule has 1 aliphatic carbocycles. The summed E-state index contributed by atoms with van der Waals surface area (Å²) in [5.74, 6) is 0. The highest BCUT2D eigenvalue weighted by Crippen LogP contribution is 2.34. The first-order chi connectivity index (χ1) is 17.0. The summed E-state index contributed by atoms with van der Waals surface area (Å²) in [6, 6.07) is 31.9. The Morgan fingerprint density at radius 2 is 1.29 bits per heavy atom. The summed E-state index contributed by atoms with van der Waals surface area (Å²) in [6.07, 6.45) is 6.88. The maximum absolute atomic E-state index is 2.40. The monoisotopic (exact) mass is 470 g/mol. The Hall–Kier alpha value is -3.42. The summed E-state index contributed by atoms with van der Waals surface area (Å²) in [5.41, 5.74) is 13.7. The molecule has 1 heteroatoms. The van der Waals surface area contributed by atoms with E-state index in [0.717, 1.165) is 12.8 Å². The highest BCUT2D eigenvalue weighted by molar-refractivity contribution is 6.63. The molecule has 0 saturated heterocycles. The second-order valence-corrected chi connectivity index (χ2v) is 12.1. The van der Waals surface area contributed by atoms with Crippen molar-refractivity contribution in [2.24, 2.45) is 0 Å². The molecular formula is C34H34Si. The highest BCUT2D eigenvalue weighted by atomic mass is 28.2. The average Bonchev–Trinajstić information content (AvgIpc) is 3.24. The second-order valence-electron chi connectivity index (χ2n) is 10.2. The number of aryl methyl sites for hydroxylation is 4. The predicted octanol–water partition coefficient (Wildman–Crippen LogP) is 7.51. The van der Waals surface area contributed by atoms with Gasteiger partial charge in [-0.05, 0) is 73.9 Å². The van der Waals surface area contributed by atoms with E-state index in [1.807, 2.05) is 0 Å². The summed E-state index contributed by atoms with van der Waals surface area (Å²) in [5, 5.41) is 3.23. The van der Waals surface area contributed by atoms with E-state index in [1.165, 1.54) is 55.6 Å². The third-order valence-electron chi connectivity index (χ3n) is 6.97. The lowest BCUT2D eigenvalue weighted by Gasteiger charge is -2.19. The van der Waals surface area contributed by atoms with Crippen molar-refractivity contribution < 1.29 is 0 Å². The van der Waals surface area contributed by atoms with Gasteiger partial charge in [0, 0.05) is 0 Å². The molecule has 0 atom stereocenters. The molecule has 0 fully saturated rings. The predicted molar refractivity (Wildman–Crippen MR) is 155 cm³/mol. The molecule has 0 nitrogen and oxygen atoms in total. The number of allylic oxidation sites excluding steroid dienone is 4. The van der Waals surface area contributed by atoms with E-state index in [0.29, 0.717) is 0 Å². The molecule has 35 heavy (non-hydrogen) atoms. The highest BCUT2D eigenvalue weighted by Gasteiger charge is 2.18. The van der Waals surface area contributed by atoms with Gasteiger partial charge in [0.2, 0.25) is 0 Å². The fourth-order valence-corrected chi connectivity index (χ4v) is 7.65. The van der Waals surface area contributed by atoms with Crippen molar-refractivity contribution in [2.75, 3.05) is 0 Å². The van der Waals surface area contributed by atoms with E-state index in [1.54, 1.807) is 10.4 Å². The van der Waals surface area contributed by atoms with E-state index in [4.69, 9.17) is 0 Å². The first-order valence-electron chi connectivity index (χ1n) is 12.7. The van der Waals surface area contributed by atoms with Gasteiger partial charge in [0.05, 0.1) is 9.52 Å². The molecular weight excluding hydrogens is 436 g/mol. The van der Waals surface area contributed by atoms with Crippen molar-refractivity contribution in [3.8, 4) is 22.3 Å². The van der Waals surface area contributed by atoms with Crippen LogP contribution in [0.2, 0.25) is 0 Å². The molecule has 0 unspecified atom stereocenters. The zero-order chi connectivity index (χ0) is 24.4. The van der Waals surface area contributed by atoms with Gasteiger partial charge in [-0.3, -0.25) is 0 Å². The maximum atomic E-state index is 2.40. The van der Waals surface area contributed by atoms with Crippen molar-refractivity contribution in [3.05, 3.63) is 136 Å². The van der Waals surface area contributed by atoms with Gasteiger partial charge < -0.3 is 0 Å². The summed E-state index contributed by atoms with van der Waals surface area (Å²) >= 11 is 0. The van der Waals surface area contributed by atoms with Gasteiger partial charge in [-0.2, -0.15) is 0 Å².